The van der Waals surface area contributed by atoms with Crippen molar-refractivity contribution in [2.45, 2.75) is 38.7 Å². The van der Waals surface area contributed by atoms with Gasteiger partial charge < -0.3 is 5.11 Å². The quantitative estimate of drug-likeness (QED) is 0.622. The maximum atomic E-state index is 11.7. The summed E-state index contributed by atoms with van der Waals surface area (Å²) in [5.74, 6) is 0. The predicted octanol–water partition coefficient (Wildman–Crippen LogP) is 1.90. The Morgan fingerprint density at radius 1 is 1.33 bits per heavy atom. The smallest absolute Gasteiger partial charge is 0.0921 e. The molecule has 0 spiro atoms. The van der Waals surface area contributed by atoms with E-state index in [1.54, 1.807) is 0 Å². The van der Waals surface area contributed by atoms with Crippen LogP contribution in [0.4, 0.5) is 4.39 Å². The molecule has 2 heteroatoms. The molecule has 0 aliphatic rings. The lowest BCUT2D eigenvalue weighted by Gasteiger charge is -2.22. The Morgan fingerprint density at radius 3 is 1.89 bits per heavy atom. The first-order valence-electron chi connectivity index (χ1n) is 3.47. The van der Waals surface area contributed by atoms with Gasteiger partial charge in [-0.2, -0.15) is 0 Å². The molecule has 1 N–H and O–H groups in total. The van der Waals surface area contributed by atoms with Crippen LogP contribution in [0.2, 0.25) is 0 Å². The van der Waals surface area contributed by atoms with Crippen molar-refractivity contribution in [1.29, 1.82) is 0 Å². The molecule has 0 amide bonds. The molecule has 0 fully saturated rings. The molecule has 56 valence electrons. The van der Waals surface area contributed by atoms with Crippen LogP contribution in [-0.2, 0) is 0 Å². The van der Waals surface area contributed by atoms with Crippen molar-refractivity contribution < 1.29 is 9.50 Å². The summed E-state index contributed by atoms with van der Waals surface area (Å²) >= 11 is 0. The fraction of sp³-hybridized carbons (Fsp3) is 1.00. The highest BCUT2D eigenvalue weighted by molar-refractivity contribution is 4.73. The lowest BCUT2D eigenvalue weighted by atomic mass is 9.94. The zero-order valence-corrected chi connectivity index (χ0v) is 6.15. The SMILES string of the molecule is CCC(O)(CC)CCF. The average molecular weight is 134 g/mol. The van der Waals surface area contributed by atoms with Gasteiger partial charge in [0.1, 0.15) is 0 Å². The van der Waals surface area contributed by atoms with Crippen molar-refractivity contribution in [3.63, 3.8) is 0 Å². The molecule has 0 heterocycles. The Bertz CT molecular complexity index is 69.3. The third-order valence-electron chi connectivity index (χ3n) is 1.88. The molecule has 0 saturated heterocycles. The summed E-state index contributed by atoms with van der Waals surface area (Å²) in [4.78, 5) is 0. The summed E-state index contributed by atoms with van der Waals surface area (Å²) in [5, 5.41) is 9.39. The Kier molecular flexibility index (Phi) is 3.78. The van der Waals surface area contributed by atoms with Gasteiger partial charge in [-0.1, -0.05) is 13.8 Å². The van der Waals surface area contributed by atoms with Crippen LogP contribution in [0.3, 0.4) is 0 Å². The van der Waals surface area contributed by atoms with Gasteiger partial charge in [0.2, 0.25) is 0 Å². The van der Waals surface area contributed by atoms with E-state index in [4.69, 9.17) is 0 Å². The molecule has 0 aromatic carbocycles. The normalized spacial score (nSPS) is 12.0. The minimum absolute atomic E-state index is 0.278. The van der Waals surface area contributed by atoms with Crippen LogP contribution in [0.15, 0.2) is 0 Å². The number of hydrogen-bond acceptors (Lipinski definition) is 1. The molecule has 0 atom stereocenters. The van der Waals surface area contributed by atoms with Crippen LogP contribution in [0.1, 0.15) is 33.1 Å². The molecular formula is C7H15FO. The molecule has 0 bridgehead atoms. The molecule has 9 heavy (non-hydrogen) atoms. The first-order valence-corrected chi connectivity index (χ1v) is 3.47. The third kappa shape index (κ3) is 2.80. The lowest BCUT2D eigenvalue weighted by molar-refractivity contribution is 0.0178. The van der Waals surface area contributed by atoms with Gasteiger partial charge in [0.15, 0.2) is 0 Å². The van der Waals surface area contributed by atoms with Crippen LogP contribution in [0.25, 0.3) is 0 Å². The Hall–Kier alpha value is -0.110. The van der Waals surface area contributed by atoms with Crippen molar-refractivity contribution in [3.05, 3.63) is 0 Å². The largest absolute Gasteiger partial charge is 0.390 e. The number of hydrogen-bond donors (Lipinski definition) is 1. The second-order valence-corrected chi connectivity index (χ2v) is 2.37. The lowest BCUT2D eigenvalue weighted by Crippen LogP contribution is -2.26. The molecule has 0 aromatic heterocycles. The van der Waals surface area contributed by atoms with E-state index in [2.05, 4.69) is 0 Å². The zero-order chi connectivity index (χ0) is 7.33. The van der Waals surface area contributed by atoms with Crippen molar-refractivity contribution in [2.75, 3.05) is 6.67 Å². The van der Waals surface area contributed by atoms with Gasteiger partial charge in [-0.15, -0.1) is 0 Å². The van der Waals surface area contributed by atoms with Crippen molar-refractivity contribution in [3.8, 4) is 0 Å². The van der Waals surface area contributed by atoms with Crippen LogP contribution in [-0.4, -0.2) is 17.4 Å². The van der Waals surface area contributed by atoms with Gasteiger partial charge in [-0.05, 0) is 12.8 Å². The highest BCUT2D eigenvalue weighted by Crippen LogP contribution is 2.18. The molecule has 0 rings (SSSR count). The van der Waals surface area contributed by atoms with Crippen LogP contribution in [0.5, 0.6) is 0 Å². The minimum Gasteiger partial charge on any atom is -0.390 e. The number of rotatable bonds is 4. The van der Waals surface area contributed by atoms with E-state index in [1.807, 2.05) is 13.8 Å². The van der Waals surface area contributed by atoms with Gasteiger partial charge in [-0.25, -0.2) is 0 Å². The van der Waals surface area contributed by atoms with Crippen molar-refractivity contribution in [2.24, 2.45) is 0 Å². The highest BCUT2D eigenvalue weighted by Gasteiger charge is 2.20. The van der Waals surface area contributed by atoms with Crippen molar-refractivity contribution in [1.82, 2.24) is 0 Å². The second kappa shape index (κ2) is 3.83. The predicted molar refractivity (Wildman–Crippen MR) is 36.1 cm³/mol. The summed E-state index contributed by atoms with van der Waals surface area (Å²) in [6.07, 6.45) is 1.57. The molecule has 0 unspecified atom stereocenters. The number of alkyl halides is 1. The molecule has 0 aliphatic carbocycles. The van der Waals surface area contributed by atoms with E-state index >= 15 is 0 Å². The first kappa shape index (κ1) is 8.89. The summed E-state index contributed by atoms with van der Waals surface area (Å²) in [7, 11) is 0. The van der Waals surface area contributed by atoms with Crippen LogP contribution >= 0.6 is 0 Å². The molecule has 1 nitrogen and oxygen atoms in total. The van der Waals surface area contributed by atoms with Gasteiger partial charge in [0.05, 0.1) is 12.3 Å². The van der Waals surface area contributed by atoms with Gasteiger partial charge in [0.25, 0.3) is 0 Å². The van der Waals surface area contributed by atoms with E-state index < -0.39 is 12.3 Å². The second-order valence-electron chi connectivity index (χ2n) is 2.37. The molecule has 0 aliphatic heterocycles. The van der Waals surface area contributed by atoms with Gasteiger partial charge in [0, 0.05) is 6.42 Å². The summed E-state index contributed by atoms with van der Waals surface area (Å²) in [6, 6.07) is 0. The van der Waals surface area contributed by atoms with Gasteiger partial charge >= 0.3 is 0 Å². The first-order chi connectivity index (χ1) is 4.18. The van der Waals surface area contributed by atoms with E-state index in [1.165, 1.54) is 0 Å². The van der Waals surface area contributed by atoms with Crippen LogP contribution in [0, 0.1) is 0 Å². The summed E-state index contributed by atoms with van der Waals surface area (Å²) in [5.41, 5.74) is -0.741. The fourth-order valence-corrected chi connectivity index (χ4v) is 0.779. The minimum atomic E-state index is -0.741. The molecular weight excluding hydrogens is 119 g/mol. The fourth-order valence-electron chi connectivity index (χ4n) is 0.779. The zero-order valence-electron chi connectivity index (χ0n) is 6.15. The summed E-state index contributed by atoms with van der Waals surface area (Å²) in [6.45, 7) is 3.33. The maximum absolute atomic E-state index is 11.7. The number of halogens is 1. The van der Waals surface area contributed by atoms with E-state index in [9.17, 15) is 9.50 Å². The van der Waals surface area contributed by atoms with E-state index in [0.717, 1.165) is 0 Å². The maximum Gasteiger partial charge on any atom is 0.0921 e. The Morgan fingerprint density at radius 2 is 1.78 bits per heavy atom. The average Bonchev–Trinajstić information content (AvgIpc) is 1.89. The third-order valence-corrected chi connectivity index (χ3v) is 1.88. The highest BCUT2D eigenvalue weighted by atomic mass is 19.1. The van der Waals surface area contributed by atoms with Gasteiger partial charge in [-0.3, -0.25) is 4.39 Å². The molecule has 0 radical (unpaired) electrons. The van der Waals surface area contributed by atoms with Crippen molar-refractivity contribution >= 4 is 0 Å². The van der Waals surface area contributed by atoms with E-state index in [-0.39, 0.29) is 6.42 Å². The number of aliphatic hydroxyl groups is 1. The van der Waals surface area contributed by atoms with Crippen LogP contribution < -0.4 is 0 Å². The molecule has 0 aromatic rings. The Labute approximate surface area is 55.9 Å². The summed E-state index contributed by atoms with van der Waals surface area (Å²) < 4.78 is 11.7. The Balaban J connectivity index is 3.62. The topological polar surface area (TPSA) is 20.2 Å². The molecule has 0 saturated carbocycles. The van der Waals surface area contributed by atoms with E-state index in [0.29, 0.717) is 12.8 Å². The standard InChI is InChI=1S/C7H15FO/c1-3-7(9,4-2)5-6-8/h9H,3-6H2,1-2H3. The monoisotopic (exact) mass is 134 g/mol.